The van der Waals surface area contributed by atoms with Crippen LogP contribution in [0, 0.1) is 16.7 Å². The van der Waals surface area contributed by atoms with E-state index in [2.05, 4.69) is 34.6 Å². The van der Waals surface area contributed by atoms with Crippen molar-refractivity contribution in [1.82, 2.24) is 0 Å². The van der Waals surface area contributed by atoms with Gasteiger partial charge in [-0.2, -0.15) is 0 Å². The molecule has 0 aromatic rings. The SMILES string of the molecule is CC(C)(C)CC(C)(C)C1CCC(OCCOCCOCCOCCOCCOCCOCCOCCOCCOCCOCCOCCO)CC1. The summed E-state index contributed by atoms with van der Waals surface area (Å²) in [6, 6.07) is 0. The Morgan fingerprint density at radius 2 is 0.627 bits per heavy atom. The second kappa shape index (κ2) is 34.0. The highest BCUT2D eigenvalue weighted by molar-refractivity contribution is 4.86. The van der Waals surface area contributed by atoms with Crippen LogP contribution in [0.5, 0.6) is 0 Å². The third-order valence-corrected chi connectivity index (χ3v) is 8.30. The van der Waals surface area contributed by atoms with Crippen LogP contribution in [0.25, 0.3) is 0 Å². The fourth-order valence-electron chi connectivity index (χ4n) is 6.16. The molecule has 0 radical (unpaired) electrons. The van der Waals surface area contributed by atoms with Gasteiger partial charge in [0.05, 0.1) is 165 Å². The molecule has 1 aliphatic carbocycles. The molecule has 0 unspecified atom stereocenters. The van der Waals surface area contributed by atoms with Crippen molar-refractivity contribution in [3.8, 4) is 0 Å². The minimum Gasteiger partial charge on any atom is -0.394 e. The Labute approximate surface area is 309 Å². The largest absolute Gasteiger partial charge is 0.394 e. The molecule has 1 aliphatic rings. The van der Waals surface area contributed by atoms with Gasteiger partial charge in [0, 0.05) is 0 Å². The van der Waals surface area contributed by atoms with Crippen LogP contribution >= 0.6 is 0 Å². The van der Waals surface area contributed by atoms with Crippen molar-refractivity contribution in [2.75, 3.05) is 159 Å². The summed E-state index contributed by atoms with van der Waals surface area (Å²) in [5, 5.41) is 8.59. The monoisotopic (exact) mass is 741 g/mol. The lowest BCUT2D eigenvalue weighted by atomic mass is 9.64. The third kappa shape index (κ3) is 32.6. The Morgan fingerprint density at radius 1 is 0.373 bits per heavy atom. The van der Waals surface area contributed by atoms with Crippen molar-refractivity contribution >= 4 is 0 Å². The predicted molar refractivity (Wildman–Crippen MR) is 196 cm³/mol. The van der Waals surface area contributed by atoms with Crippen LogP contribution < -0.4 is 0 Å². The lowest BCUT2D eigenvalue weighted by Crippen LogP contribution is -2.34. The van der Waals surface area contributed by atoms with Crippen molar-refractivity contribution in [1.29, 1.82) is 0 Å². The number of aliphatic hydroxyl groups is 1. The zero-order valence-electron chi connectivity index (χ0n) is 33.0. The molecule has 1 N–H and O–H groups in total. The van der Waals surface area contributed by atoms with E-state index >= 15 is 0 Å². The van der Waals surface area contributed by atoms with Crippen LogP contribution in [0.3, 0.4) is 0 Å². The van der Waals surface area contributed by atoms with E-state index in [1.54, 1.807) is 0 Å². The maximum absolute atomic E-state index is 8.59. The van der Waals surface area contributed by atoms with Crippen molar-refractivity contribution in [3.05, 3.63) is 0 Å². The highest BCUT2D eigenvalue weighted by Crippen LogP contribution is 2.45. The summed E-state index contributed by atoms with van der Waals surface area (Å²) < 4.78 is 66.2. The molecule has 1 saturated carbocycles. The van der Waals surface area contributed by atoms with E-state index in [0.717, 1.165) is 18.8 Å². The summed E-state index contributed by atoms with van der Waals surface area (Å²) in [6.07, 6.45) is 6.49. The molecule has 0 atom stereocenters. The first-order valence-corrected chi connectivity index (χ1v) is 19.3. The molecule has 0 heterocycles. The predicted octanol–water partition coefficient (Wildman–Crippen LogP) is 4.20. The van der Waals surface area contributed by atoms with Crippen molar-refractivity contribution in [2.24, 2.45) is 16.7 Å². The number of rotatable bonds is 38. The molecule has 1 fully saturated rings. The highest BCUT2D eigenvalue weighted by Gasteiger charge is 2.36. The lowest BCUT2D eigenvalue weighted by Gasteiger charge is -2.42. The van der Waals surface area contributed by atoms with Crippen LogP contribution in [0.4, 0.5) is 0 Å². The van der Waals surface area contributed by atoms with Crippen molar-refractivity contribution in [2.45, 2.75) is 72.8 Å². The number of hydrogen-bond donors (Lipinski definition) is 1. The summed E-state index contributed by atoms with van der Waals surface area (Å²) >= 11 is 0. The maximum atomic E-state index is 8.59. The first-order valence-electron chi connectivity index (χ1n) is 19.3. The van der Waals surface area contributed by atoms with Gasteiger partial charge in [0.2, 0.25) is 0 Å². The molecule has 13 heteroatoms. The lowest BCUT2D eigenvalue weighted by molar-refractivity contribution is -0.0415. The van der Waals surface area contributed by atoms with Gasteiger partial charge in [0.1, 0.15) is 0 Å². The molecule has 0 aromatic heterocycles. The topological polar surface area (TPSA) is 131 Å². The second-order valence-corrected chi connectivity index (χ2v) is 14.5. The Morgan fingerprint density at radius 3 is 0.882 bits per heavy atom. The van der Waals surface area contributed by atoms with Crippen molar-refractivity contribution in [3.63, 3.8) is 0 Å². The van der Waals surface area contributed by atoms with Crippen LogP contribution in [-0.4, -0.2) is 170 Å². The molecular formula is C38H76O13. The van der Waals surface area contributed by atoms with Gasteiger partial charge >= 0.3 is 0 Å². The summed E-state index contributed by atoms with van der Waals surface area (Å²) in [5.41, 5.74) is 0.767. The molecule has 0 spiro atoms. The minimum absolute atomic E-state index is 0.0264. The van der Waals surface area contributed by atoms with Crippen molar-refractivity contribution < 1.29 is 61.9 Å². The van der Waals surface area contributed by atoms with E-state index in [4.69, 9.17) is 61.9 Å². The molecule has 0 aliphatic heterocycles. The van der Waals surface area contributed by atoms with E-state index in [1.165, 1.54) is 19.3 Å². The first-order chi connectivity index (χ1) is 24.7. The van der Waals surface area contributed by atoms with Gasteiger partial charge < -0.3 is 61.9 Å². The summed E-state index contributed by atoms with van der Waals surface area (Å²) in [6.45, 7) is 23.9. The normalized spacial score (nSPS) is 17.1. The van der Waals surface area contributed by atoms with Gasteiger partial charge in [0.25, 0.3) is 0 Å². The van der Waals surface area contributed by atoms with E-state index in [-0.39, 0.29) is 6.61 Å². The Balaban J connectivity index is 1.69. The molecule has 13 nitrogen and oxygen atoms in total. The van der Waals surface area contributed by atoms with Gasteiger partial charge in [-0.3, -0.25) is 0 Å². The Hall–Kier alpha value is -0.520. The van der Waals surface area contributed by atoms with Crippen LogP contribution in [0.15, 0.2) is 0 Å². The quantitative estimate of drug-likeness (QED) is 0.0909. The van der Waals surface area contributed by atoms with Gasteiger partial charge in [-0.1, -0.05) is 34.6 Å². The third-order valence-electron chi connectivity index (χ3n) is 8.30. The highest BCUT2D eigenvalue weighted by atomic mass is 16.6. The number of aliphatic hydroxyl groups excluding tert-OH is 1. The molecule has 1 rings (SSSR count). The molecule has 306 valence electrons. The van der Waals surface area contributed by atoms with Crippen LogP contribution in [-0.2, 0) is 56.8 Å². The summed E-state index contributed by atoms with van der Waals surface area (Å²) in [7, 11) is 0. The van der Waals surface area contributed by atoms with Gasteiger partial charge in [-0.25, -0.2) is 0 Å². The molecule has 0 aromatic carbocycles. The molecule has 0 amide bonds. The number of hydrogen-bond acceptors (Lipinski definition) is 13. The van der Waals surface area contributed by atoms with E-state index in [9.17, 15) is 0 Å². The minimum atomic E-state index is 0.0264. The number of ether oxygens (including phenoxy) is 12. The Kier molecular flexibility index (Phi) is 32.3. The van der Waals surface area contributed by atoms with Crippen LogP contribution in [0.2, 0.25) is 0 Å². The van der Waals surface area contributed by atoms with E-state index < -0.39 is 0 Å². The Bertz CT molecular complexity index is 714. The molecular weight excluding hydrogens is 664 g/mol. The molecule has 0 saturated heterocycles. The van der Waals surface area contributed by atoms with E-state index in [0.29, 0.717) is 169 Å². The van der Waals surface area contributed by atoms with E-state index in [1.807, 2.05) is 0 Å². The second-order valence-electron chi connectivity index (χ2n) is 14.5. The van der Waals surface area contributed by atoms with Gasteiger partial charge in [-0.15, -0.1) is 0 Å². The van der Waals surface area contributed by atoms with Gasteiger partial charge in [0.15, 0.2) is 0 Å². The fourth-order valence-corrected chi connectivity index (χ4v) is 6.16. The first kappa shape index (κ1) is 48.5. The summed E-state index contributed by atoms with van der Waals surface area (Å²) in [5.74, 6) is 0.793. The maximum Gasteiger partial charge on any atom is 0.0704 e. The zero-order valence-corrected chi connectivity index (χ0v) is 33.0. The average Bonchev–Trinajstić information content (AvgIpc) is 3.09. The molecule has 51 heavy (non-hydrogen) atoms. The fraction of sp³-hybridized carbons (Fsp3) is 1.00. The smallest absolute Gasteiger partial charge is 0.0704 e. The average molecular weight is 741 g/mol. The summed E-state index contributed by atoms with van der Waals surface area (Å²) in [4.78, 5) is 0. The zero-order chi connectivity index (χ0) is 37.1. The standard InChI is InChI=1S/C38H76O13/c1-37(2,3)34-38(4,5)35-6-8-36(9-7-35)51-33-32-50-31-30-49-29-28-48-27-26-47-25-24-46-23-22-45-21-20-44-19-18-43-17-16-42-15-14-41-13-12-40-11-10-39/h35-36,39H,6-34H2,1-5H3. The molecule has 0 bridgehead atoms. The van der Waals surface area contributed by atoms with Gasteiger partial charge in [-0.05, 0) is 48.9 Å². The van der Waals surface area contributed by atoms with Crippen LogP contribution in [0.1, 0.15) is 66.7 Å².